The van der Waals surface area contributed by atoms with Crippen LogP contribution in [0.2, 0.25) is 0 Å². The van der Waals surface area contributed by atoms with Crippen LogP contribution in [0.15, 0.2) is 29.4 Å². The van der Waals surface area contributed by atoms with Gasteiger partial charge in [-0.1, -0.05) is 24.8 Å². The van der Waals surface area contributed by atoms with Crippen molar-refractivity contribution in [1.82, 2.24) is 25.4 Å². The molecule has 1 saturated heterocycles. The third-order valence-corrected chi connectivity index (χ3v) is 5.03. The van der Waals surface area contributed by atoms with E-state index in [2.05, 4.69) is 27.8 Å². The van der Waals surface area contributed by atoms with E-state index in [0.717, 1.165) is 28.8 Å². The molecule has 1 atom stereocenters. The van der Waals surface area contributed by atoms with E-state index in [-0.39, 0.29) is 18.4 Å². The van der Waals surface area contributed by atoms with Crippen LogP contribution in [0, 0.1) is 0 Å². The highest BCUT2D eigenvalue weighted by Gasteiger charge is 2.26. The molecule has 2 heterocycles. The Bertz CT molecular complexity index is 791. The Hall–Kier alpha value is -2.55. The lowest BCUT2D eigenvalue weighted by Gasteiger charge is -2.23. The van der Waals surface area contributed by atoms with Gasteiger partial charge in [0, 0.05) is 30.7 Å². The molecule has 1 aliphatic heterocycles. The molecule has 138 valence electrons. The highest BCUT2D eigenvalue weighted by Crippen LogP contribution is 2.26. The number of nitrogens with zero attached hydrogens (tertiary/aromatic N) is 3. The summed E-state index contributed by atoms with van der Waals surface area (Å²) in [6.45, 7) is 2.11. The normalized spacial score (nSPS) is 16.9. The van der Waals surface area contributed by atoms with Crippen LogP contribution in [0.5, 0.6) is 5.75 Å². The van der Waals surface area contributed by atoms with Crippen LogP contribution in [0.1, 0.15) is 25.6 Å². The zero-order valence-corrected chi connectivity index (χ0v) is 15.5. The molecule has 9 heteroatoms. The van der Waals surface area contributed by atoms with Crippen molar-refractivity contribution in [3.8, 4) is 11.4 Å². The topological polar surface area (TPSA) is 98.1 Å². The quantitative estimate of drug-likeness (QED) is 0.718. The van der Waals surface area contributed by atoms with Crippen molar-refractivity contribution in [2.75, 3.05) is 12.9 Å². The van der Waals surface area contributed by atoms with Crippen molar-refractivity contribution in [3.05, 3.63) is 30.1 Å². The lowest BCUT2D eigenvalue weighted by molar-refractivity contribution is -0.121. The fraction of sp³-hybridized carbons (Fsp3) is 0.412. The number of carbonyl (C=O) groups is 2. The Morgan fingerprint density at radius 2 is 2.19 bits per heavy atom. The first kappa shape index (κ1) is 18.2. The van der Waals surface area contributed by atoms with Crippen molar-refractivity contribution < 1.29 is 14.3 Å². The van der Waals surface area contributed by atoms with E-state index in [9.17, 15) is 9.59 Å². The maximum Gasteiger partial charge on any atom is 0.321 e. The number of rotatable bonds is 7. The van der Waals surface area contributed by atoms with E-state index >= 15 is 0 Å². The Labute approximate surface area is 155 Å². The first-order valence-electron chi connectivity index (χ1n) is 8.42. The van der Waals surface area contributed by atoms with Gasteiger partial charge in [0.2, 0.25) is 5.91 Å². The minimum Gasteiger partial charge on any atom is -0.497 e. The number of amides is 3. The molecule has 1 aliphatic rings. The molecule has 0 aliphatic carbocycles. The molecule has 0 saturated carbocycles. The summed E-state index contributed by atoms with van der Waals surface area (Å²) in [6.07, 6.45) is 1.65. The van der Waals surface area contributed by atoms with Crippen molar-refractivity contribution in [2.24, 2.45) is 0 Å². The molecule has 3 rings (SSSR count). The van der Waals surface area contributed by atoms with Gasteiger partial charge in [-0.05, 0) is 18.6 Å². The smallest absolute Gasteiger partial charge is 0.321 e. The fourth-order valence-electron chi connectivity index (χ4n) is 2.75. The van der Waals surface area contributed by atoms with E-state index in [1.54, 1.807) is 18.9 Å². The van der Waals surface area contributed by atoms with Gasteiger partial charge in [0.1, 0.15) is 11.6 Å². The van der Waals surface area contributed by atoms with Crippen molar-refractivity contribution in [3.63, 3.8) is 0 Å². The number of aromatic nitrogens is 3. The number of benzene rings is 1. The van der Waals surface area contributed by atoms with Gasteiger partial charge in [0.05, 0.1) is 12.8 Å². The molecule has 1 unspecified atom stereocenters. The average Bonchev–Trinajstić information content (AvgIpc) is 3.01. The first-order chi connectivity index (χ1) is 12.6. The summed E-state index contributed by atoms with van der Waals surface area (Å²) in [6, 6.07) is 6.86. The zero-order valence-electron chi connectivity index (χ0n) is 14.7. The zero-order chi connectivity index (χ0) is 18.5. The highest BCUT2D eigenvalue weighted by atomic mass is 32.2. The molecule has 0 bridgehead atoms. The predicted octanol–water partition coefficient (Wildman–Crippen LogP) is 1.92. The van der Waals surface area contributed by atoms with Crippen LogP contribution < -0.4 is 15.4 Å². The summed E-state index contributed by atoms with van der Waals surface area (Å²) in [5.41, 5.74) is 0.884. The molecule has 0 spiro atoms. The summed E-state index contributed by atoms with van der Waals surface area (Å²) in [4.78, 5) is 23.2. The maximum absolute atomic E-state index is 11.6. The van der Waals surface area contributed by atoms with Gasteiger partial charge >= 0.3 is 6.03 Å². The Balaban J connectivity index is 1.93. The molecule has 2 aromatic rings. The van der Waals surface area contributed by atoms with E-state index in [4.69, 9.17) is 4.74 Å². The molecule has 0 radical (unpaired) electrons. The van der Waals surface area contributed by atoms with Crippen molar-refractivity contribution >= 4 is 23.7 Å². The van der Waals surface area contributed by atoms with Crippen LogP contribution in [0.4, 0.5) is 4.79 Å². The standard InChI is InChI=1S/C17H21N5O3S/c1-3-7-26-17-21-20-14(8-11-9-15(23)19-16(24)18-11)22(17)12-5-4-6-13(10-12)25-2/h4-6,10-11H,3,7-9H2,1-2H3,(H2,18,19,23,24). The maximum atomic E-state index is 11.6. The van der Waals surface area contributed by atoms with E-state index in [1.165, 1.54) is 0 Å². The number of methoxy groups -OCH3 is 1. The second-order valence-electron chi connectivity index (χ2n) is 5.91. The van der Waals surface area contributed by atoms with Crippen LogP contribution in [0.3, 0.4) is 0 Å². The molecule has 1 aromatic carbocycles. The summed E-state index contributed by atoms with van der Waals surface area (Å²) in [5, 5.41) is 14.4. The molecule has 26 heavy (non-hydrogen) atoms. The number of nitrogens with one attached hydrogen (secondary N) is 2. The monoisotopic (exact) mass is 375 g/mol. The number of imide groups is 1. The molecule has 1 aromatic heterocycles. The van der Waals surface area contributed by atoms with E-state index in [1.807, 2.05) is 28.8 Å². The summed E-state index contributed by atoms with van der Waals surface area (Å²) in [7, 11) is 1.62. The van der Waals surface area contributed by atoms with Gasteiger partial charge in [0.25, 0.3) is 0 Å². The summed E-state index contributed by atoms with van der Waals surface area (Å²) < 4.78 is 7.28. The van der Waals surface area contributed by atoms with Crippen molar-refractivity contribution in [2.45, 2.75) is 37.4 Å². The number of urea groups is 1. The van der Waals surface area contributed by atoms with Gasteiger partial charge in [-0.25, -0.2) is 4.79 Å². The van der Waals surface area contributed by atoms with Crippen molar-refractivity contribution in [1.29, 1.82) is 0 Å². The van der Waals surface area contributed by atoms with Gasteiger partial charge in [-0.15, -0.1) is 10.2 Å². The average molecular weight is 375 g/mol. The van der Waals surface area contributed by atoms with Gasteiger partial charge in [0.15, 0.2) is 5.16 Å². The Morgan fingerprint density at radius 1 is 1.35 bits per heavy atom. The van der Waals surface area contributed by atoms with E-state index < -0.39 is 6.03 Å². The van der Waals surface area contributed by atoms with E-state index in [0.29, 0.717) is 12.2 Å². The number of ether oxygens (including phenoxy) is 1. The molecule has 1 fully saturated rings. The third kappa shape index (κ3) is 4.16. The minimum absolute atomic E-state index is 0.216. The van der Waals surface area contributed by atoms with Gasteiger partial charge in [-0.2, -0.15) is 0 Å². The molecule has 3 amide bonds. The first-order valence-corrected chi connectivity index (χ1v) is 9.41. The van der Waals surface area contributed by atoms with Crippen LogP contribution >= 0.6 is 11.8 Å². The number of hydrogen-bond donors (Lipinski definition) is 2. The fourth-order valence-corrected chi connectivity index (χ4v) is 3.57. The molecule has 2 N–H and O–H groups in total. The number of hydrogen-bond acceptors (Lipinski definition) is 6. The highest BCUT2D eigenvalue weighted by molar-refractivity contribution is 7.99. The molecular weight excluding hydrogens is 354 g/mol. The SMILES string of the molecule is CCCSc1nnc(CC2CC(=O)NC(=O)N2)n1-c1cccc(OC)c1. The van der Waals surface area contributed by atoms with Crippen LogP contribution in [0.25, 0.3) is 5.69 Å². The predicted molar refractivity (Wildman–Crippen MR) is 97.7 cm³/mol. The summed E-state index contributed by atoms with van der Waals surface area (Å²) >= 11 is 1.62. The minimum atomic E-state index is -0.473. The lowest BCUT2D eigenvalue weighted by atomic mass is 10.1. The summed E-state index contributed by atoms with van der Waals surface area (Å²) in [5.74, 6) is 2.06. The van der Waals surface area contributed by atoms with Gasteiger partial charge in [-0.3, -0.25) is 14.7 Å². The Morgan fingerprint density at radius 3 is 2.92 bits per heavy atom. The largest absolute Gasteiger partial charge is 0.497 e. The molecular formula is C17H21N5O3S. The van der Waals surface area contributed by atoms with Crippen LogP contribution in [-0.2, 0) is 11.2 Å². The second kappa shape index (κ2) is 8.22. The van der Waals surface area contributed by atoms with Crippen LogP contribution in [-0.4, -0.2) is 45.6 Å². The van der Waals surface area contributed by atoms with Gasteiger partial charge < -0.3 is 10.1 Å². The lowest BCUT2D eigenvalue weighted by Crippen LogP contribution is -2.53. The molecule has 8 nitrogen and oxygen atoms in total. The Kier molecular flexibility index (Phi) is 5.77. The third-order valence-electron chi connectivity index (χ3n) is 3.90. The number of thioether (sulfide) groups is 1. The second-order valence-corrected chi connectivity index (χ2v) is 6.97. The number of carbonyl (C=O) groups excluding carboxylic acids is 2.